The number of carbonyl (C=O) groups excluding carboxylic acids is 2. The number of para-hydroxylation sites is 1. The van der Waals surface area contributed by atoms with Crippen LogP contribution < -0.4 is 24.8 Å². The molecule has 0 aromatic heterocycles. The number of carbonyl (C=O) groups is 2. The maximum atomic E-state index is 12.8. The van der Waals surface area contributed by atoms with E-state index in [1.165, 1.54) is 0 Å². The van der Waals surface area contributed by atoms with Crippen molar-refractivity contribution in [2.24, 2.45) is 0 Å². The fraction of sp³-hybridized carbons (Fsp3) is 0.231. The van der Waals surface area contributed by atoms with Crippen molar-refractivity contribution in [1.29, 1.82) is 0 Å². The van der Waals surface area contributed by atoms with Gasteiger partial charge >= 0.3 is 0 Å². The summed E-state index contributed by atoms with van der Waals surface area (Å²) in [6.07, 6.45) is -0.172. The molecule has 34 heavy (non-hydrogen) atoms. The second kappa shape index (κ2) is 12.0. The van der Waals surface area contributed by atoms with Crippen LogP contribution in [-0.2, 0) is 11.2 Å². The Balaban J connectivity index is 1.59. The quantitative estimate of drug-likeness (QED) is 0.436. The highest BCUT2D eigenvalue weighted by Gasteiger charge is 2.18. The Kier molecular flexibility index (Phi) is 8.76. The van der Waals surface area contributed by atoms with Crippen LogP contribution in [0.5, 0.6) is 17.2 Å². The average molecular weight is 483 g/mol. The largest absolute Gasteiger partial charge is 0.493 e. The lowest BCUT2D eigenvalue weighted by Crippen LogP contribution is -2.32. The summed E-state index contributed by atoms with van der Waals surface area (Å²) < 4.78 is 16.2. The number of halogens is 1. The SMILES string of the molecule is COc1ccc(CCNC(=O)c2ccccc2NC(=O)[C@@H](C)Oc2ccc(Cl)cc2)cc1OC. The zero-order valence-electron chi connectivity index (χ0n) is 19.3. The van der Waals surface area contributed by atoms with Crippen LogP contribution in [0.4, 0.5) is 5.69 Å². The maximum absolute atomic E-state index is 12.8. The number of ether oxygens (including phenoxy) is 3. The normalized spacial score (nSPS) is 11.3. The van der Waals surface area contributed by atoms with E-state index >= 15 is 0 Å². The van der Waals surface area contributed by atoms with Crippen LogP contribution in [0.2, 0.25) is 5.02 Å². The third kappa shape index (κ3) is 6.65. The van der Waals surface area contributed by atoms with Crippen molar-refractivity contribution >= 4 is 29.1 Å². The van der Waals surface area contributed by atoms with E-state index in [4.69, 9.17) is 25.8 Å². The molecular formula is C26H27ClN2O5. The minimum Gasteiger partial charge on any atom is -0.493 e. The molecular weight excluding hydrogens is 456 g/mol. The summed E-state index contributed by atoms with van der Waals surface area (Å²) in [5.74, 6) is 1.14. The van der Waals surface area contributed by atoms with E-state index in [1.807, 2.05) is 18.2 Å². The highest BCUT2D eigenvalue weighted by molar-refractivity contribution is 6.30. The number of methoxy groups -OCH3 is 2. The Labute approximate surface area is 204 Å². The van der Waals surface area contributed by atoms with E-state index in [0.717, 1.165) is 5.56 Å². The minimum atomic E-state index is -0.776. The van der Waals surface area contributed by atoms with Crippen molar-refractivity contribution in [2.75, 3.05) is 26.1 Å². The fourth-order valence-corrected chi connectivity index (χ4v) is 3.37. The molecule has 8 heteroatoms. The van der Waals surface area contributed by atoms with Gasteiger partial charge in [-0.3, -0.25) is 9.59 Å². The van der Waals surface area contributed by atoms with Gasteiger partial charge in [-0.2, -0.15) is 0 Å². The van der Waals surface area contributed by atoms with Gasteiger partial charge in [0.2, 0.25) is 0 Å². The van der Waals surface area contributed by atoms with Gasteiger partial charge in [-0.1, -0.05) is 29.8 Å². The van der Waals surface area contributed by atoms with Crippen LogP contribution in [-0.4, -0.2) is 38.7 Å². The molecule has 7 nitrogen and oxygen atoms in total. The average Bonchev–Trinajstić information content (AvgIpc) is 2.85. The topological polar surface area (TPSA) is 85.9 Å². The van der Waals surface area contributed by atoms with E-state index in [-0.39, 0.29) is 11.8 Å². The molecule has 0 saturated heterocycles. The minimum absolute atomic E-state index is 0.289. The van der Waals surface area contributed by atoms with Crippen molar-refractivity contribution in [2.45, 2.75) is 19.4 Å². The monoisotopic (exact) mass is 482 g/mol. The van der Waals surface area contributed by atoms with Gasteiger partial charge in [-0.15, -0.1) is 0 Å². The van der Waals surface area contributed by atoms with Gasteiger partial charge in [0.1, 0.15) is 5.75 Å². The van der Waals surface area contributed by atoms with Crippen LogP contribution in [0.3, 0.4) is 0 Å². The van der Waals surface area contributed by atoms with Gasteiger partial charge in [-0.25, -0.2) is 0 Å². The highest BCUT2D eigenvalue weighted by Crippen LogP contribution is 2.27. The van der Waals surface area contributed by atoms with Gasteiger partial charge in [0.05, 0.1) is 25.5 Å². The number of benzene rings is 3. The Hall–Kier alpha value is -3.71. The van der Waals surface area contributed by atoms with E-state index in [2.05, 4.69) is 10.6 Å². The number of nitrogens with one attached hydrogen (secondary N) is 2. The Morgan fingerprint density at radius 3 is 2.35 bits per heavy atom. The van der Waals surface area contributed by atoms with Crippen molar-refractivity contribution in [3.8, 4) is 17.2 Å². The van der Waals surface area contributed by atoms with Crippen molar-refractivity contribution in [1.82, 2.24) is 5.32 Å². The predicted octanol–water partition coefficient (Wildman–Crippen LogP) is 4.74. The molecule has 0 spiro atoms. The molecule has 0 radical (unpaired) electrons. The first-order valence-electron chi connectivity index (χ1n) is 10.7. The number of amides is 2. The van der Waals surface area contributed by atoms with E-state index < -0.39 is 6.10 Å². The van der Waals surface area contributed by atoms with Crippen LogP contribution in [0.25, 0.3) is 0 Å². The second-order valence-electron chi connectivity index (χ2n) is 7.44. The van der Waals surface area contributed by atoms with E-state index in [1.54, 1.807) is 69.7 Å². The molecule has 2 N–H and O–H groups in total. The first-order chi connectivity index (χ1) is 16.4. The third-order valence-electron chi connectivity index (χ3n) is 5.07. The second-order valence-corrected chi connectivity index (χ2v) is 7.88. The molecule has 3 aromatic carbocycles. The summed E-state index contributed by atoms with van der Waals surface area (Å²) in [5.41, 5.74) is 1.76. The first-order valence-corrected chi connectivity index (χ1v) is 11.1. The van der Waals surface area contributed by atoms with E-state index in [0.29, 0.717) is 46.5 Å². The number of rotatable bonds is 10. The molecule has 0 fully saturated rings. The summed E-state index contributed by atoms with van der Waals surface area (Å²) in [6.45, 7) is 2.04. The molecule has 178 valence electrons. The standard InChI is InChI=1S/C26H27ClN2O5/c1-17(34-20-11-9-19(27)10-12-20)25(30)29-22-7-5-4-6-21(22)26(31)28-15-14-18-8-13-23(32-2)24(16-18)33-3/h4-13,16-17H,14-15H2,1-3H3,(H,28,31)(H,29,30)/t17-/m1/s1. The maximum Gasteiger partial charge on any atom is 0.265 e. The molecule has 0 aliphatic rings. The molecule has 0 aliphatic carbocycles. The lowest BCUT2D eigenvalue weighted by molar-refractivity contribution is -0.122. The van der Waals surface area contributed by atoms with Crippen LogP contribution in [0.15, 0.2) is 66.7 Å². The van der Waals surface area contributed by atoms with Gasteiger partial charge in [0, 0.05) is 11.6 Å². The Morgan fingerprint density at radius 2 is 1.65 bits per heavy atom. The molecule has 0 bridgehead atoms. The number of hydrogen-bond donors (Lipinski definition) is 2. The van der Waals surface area contributed by atoms with Gasteiger partial charge < -0.3 is 24.8 Å². The number of hydrogen-bond acceptors (Lipinski definition) is 5. The predicted molar refractivity (Wildman–Crippen MR) is 132 cm³/mol. The zero-order valence-corrected chi connectivity index (χ0v) is 20.0. The first kappa shape index (κ1) is 24.9. The van der Waals surface area contributed by atoms with Crippen molar-refractivity contribution < 1.29 is 23.8 Å². The van der Waals surface area contributed by atoms with Gasteiger partial charge in [0.25, 0.3) is 11.8 Å². The Morgan fingerprint density at radius 1 is 0.941 bits per heavy atom. The van der Waals surface area contributed by atoms with Crippen LogP contribution in [0.1, 0.15) is 22.8 Å². The highest BCUT2D eigenvalue weighted by atomic mass is 35.5. The van der Waals surface area contributed by atoms with Gasteiger partial charge in [0.15, 0.2) is 17.6 Å². The molecule has 2 amide bonds. The van der Waals surface area contributed by atoms with E-state index in [9.17, 15) is 9.59 Å². The molecule has 0 heterocycles. The zero-order chi connectivity index (χ0) is 24.5. The molecule has 0 aliphatic heterocycles. The Bertz CT molecular complexity index is 1130. The van der Waals surface area contributed by atoms with Gasteiger partial charge in [-0.05, 0) is 67.4 Å². The molecule has 3 rings (SSSR count). The van der Waals surface area contributed by atoms with Crippen molar-refractivity contribution in [3.05, 3.63) is 82.9 Å². The summed E-state index contributed by atoms with van der Waals surface area (Å²) in [4.78, 5) is 25.5. The smallest absolute Gasteiger partial charge is 0.265 e. The fourth-order valence-electron chi connectivity index (χ4n) is 3.25. The summed E-state index contributed by atoms with van der Waals surface area (Å²) in [7, 11) is 3.16. The molecule has 3 aromatic rings. The lowest BCUT2D eigenvalue weighted by atomic mass is 10.1. The van der Waals surface area contributed by atoms with Crippen molar-refractivity contribution in [3.63, 3.8) is 0 Å². The molecule has 0 unspecified atom stereocenters. The summed E-state index contributed by atoms with van der Waals surface area (Å²) >= 11 is 5.88. The van der Waals surface area contributed by atoms with Crippen LogP contribution >= 0.6 is 11.6 Å². The summed E-state index contributed by atoms with van der Waals surface area (Å²) in [6, 6.07) is 19.2. The molecule has 1 atom stereocenters. The summed E-state index contributed by atoms with van der Waals surface area (Å²) in [5, 5.41) is 6.25. The third-order valence-corrected chi connectivity index (χ3v) is 5.32. The lowest BCUT2D eigenvalue weighted by Gasteiger charge is -2.16. The molecule has 0 saturated carbocycles. The number of anilines is 1. The van der Waals surface area contributed by atoms with Crippen LogP contribution in [0, 0.1) is 0 Å².